The molecular formula is C21H23N5S. The van der Waals surface area contributed by atoms with Crippen molar-refractivity contribution in [3.05, 3.63) is 59.6 Å². The van der Waals surface area contributed by atoms with Crippen molar-refractivity contribution in [2.75, 3.05) is 12.8 Å². The normalized spacial score (nSPS) is 19.5. The maximum absolute atomic E-state index is 4.64. The number of nitrogens with zero attached hydrogens (tertiary/aromatic N) is 2. The first-order valence-electron chi connectivity index (χ1n) is 9.18. The molecule has 1 unspecified atom stereocenters. The highest BCUT2D eigenvalue weighted by atomic mass is 32.2. The Morgan fingerprint density at radius 2 is 1.93 bits per heavy atom. The lowest BCUT2D eigenvalue weighted by molar-refractivity contribution is 0.411. The zero-order valence-electron chi connectivity index (χ0n) is 15.5. The number of aryl methyl sites for hydroxylation is 1. The van der Waals surface area contributed by atoms with Crippen LogP contribution >= 0.6 is 11.8 Å². The highest BCUT2D eigenvalue weighted by Crippen LogP contribution is 2.31. The molecule has 27 heavy (non-hydrogen) atoms. The maximum atomic E-state index is 4.64. The smallest absolute Gasteiger partial charge is 0.124 e. The number of hydrogen-bond donors (Lipinski definition) is 3. The van der Waals surface area contributed by atoms with Crippen LogP contribution in [0.5, 0.6) is 0 Å². The third-order valence-corrected chi connectivity index (χ3v) is 5.95. The molecule has 0 saturated carbocycles. The van der Waals surface area contributed by atoms with Gasteiger partial charge in [-0.2, -0.15) is 11.8 Å². The molecule has 1 aliphatic heterocycles. The molecule has 138 valence electrons. The fourth-order valence-corrected chi connectivity index (χ4v) is 4.28. The van der Waals surface area contributed by atoms with E-state index < -0.39 is 0 Å². The number of aromatic nitrogens is 4. The zero-order chi connectivity index (χ0) is 18.6. The summed E-state index contributed by atoms with van der Waals surface area (Å²) in [5.41, 5.74) is 3.97. The van der Waals surface area contributed by atoms with Gasteiger partial charge in [0.2, 0.25) is 0 Å². The van der Waals surface area contributed by atoms with Crippen LogP contribution in [0.4, 0.5) is 0 Å². The van der Waals surface area contributed by atoms with Crippen molar-refractivity contribution in [2.24, 2.45) is 0 Å². The molecule has 1 fully saturated rings. The first-order chi connectivity index (χ1) is 13.2. The van der Waals surface area contributed by atoms with E-state index in [9.17, 15) is 0 Å². The van der Waals surface area contributed by atoms with Crippen molar-refractivity contribution < 1.29 is 0 Å². The predicted octanol–water partition coefficient (Wildman–Crippen LogP) is 3.66. The molecule has 2 aromatic heterocycles. The summed E-state index contributed by atoms with van der Waals surface area (Å²) in [6.45, 7) is 2.98. The lowest BCUT2D eigenvalue weighted by Crippen LogP contribution is -2.36. The third kappa shape index (κ3) is 4.10. The standard InChI is InChI=1S/C21H23N5S/c1-14-23-12-17(25-14)10-7-15-5-8-16(9-6-15)18-13-24-21(26-18)20-19(27-2)4-3-11-22-20/h5-6,8-9,12-13,19-20,22H,3-4,11H2,1-2H3,(H,23,25)(H,24,26)/t19?,20-/m0/s1. The summed E-state index contributed by atoms with van der Waals surface area (Å²) in [5.74, 6) is 8.17. The van der Waals surface area contributed by atoms with Gasteiger partial charge in [-0.1, -0.05) is 18.1 Å². The number of benzene rings is 1. The van der Waals surface area contributed by atoms with Gasteiger partial charge in [0, 0.05) is 10.8 Å². The second-order valence-corrected chi connectivity index (χ2v) is 7.82. The summed E-state index contributed by atoms with van der Waals surface area (Å²) in [7, 11) is 0. The van der Waals surface area contributed by atoms with Gasteiger partial charge in [0.1, 0.15) is 17.3 Å². The first kappa shape index (κ1) is 17.9. The second kappa shape index (κ2) is 8.03. The molecule has 5 nitrogen and oxygen atoms in total. The highest BCUT2D eigenvalue weighted by molar-refractivity contribution is 7.99. The minimum atomic E-state index is 0.297. The Morgan fingerprint density at radius 3 is 2.67 bits per heavy atom. The summed E-state index contributed by atoms with van der Waals surface area (Å²) < 4.78 is 0. The van der Waals surface area contributed by atoms with Gasteiger partial charge in [0.05, 0.1) is 24.1 Å². The van der Waals surface area contributed by atoms with Crippen LogP contribution in [0.15, 0.2) is 36.7 Å². The third-order valence-electron chi connectivity index (χ3n) is 4.83. The number of rotatable bonds is 3. The highest BCUT2D eigenvalue weighted by Gasteiger charge is 2.27. The topological polar surface area (TPSA) is 69.4 Å². The van der Waals surface area contributed by atoms with Crippen LogP contribution in [0.2, 0.25) is 0 Å². The Morgan fingerprint density at radius 1 is 1.07 bits per heavy atom. The lowest BCUT2D eigenvalue weighted by atomic mass is 10.0. The summed E-state index contributed by atoms with van der Waals surface area (Å²) in [6.07, 6.45) is 8.33. The minimum Gasteiger partial charge on any atom is -0.341 e. The van der Waals surface area contributed by atoms with Crippen LogP contribution in [0.1, 0.15) is 41.8 Å². The van der Waals surface area contributed by atoms with Gasteiger partial charge in [-0.25, -0.2) is 9.97 Å². The molecule has 3 aromatic rings. The van der Waals surface area contributed by atoms with Crippen molar-refractivity contribution in [3.8, 4) is 23.1 Å². The van der Waals surface area contributed by atoms with Crippen LogP contribution in [0.3, 0.4) is 0 Å². The molecule has 0 aliphatic carbocycles. The van der Waals surface area contributed by atoms with Gasteiger partial charge in [0.25, 0.3) is 0 Å². The van der Waals surface area contributed by atoms with Crippen molar-refractivity contribution in [3.63, 3.8) is 0 Å². The largest absolute Gasteiger partial charge is 0.341 e. The SMILES string of the molecule is CSC1CCCN[C@@H]1c1ncc(-c2ccc(C#Cc3cnc(C)[nH]3)cc2)[nH]1. The summed E-state index contributed by atoms with van der Waals surface area (Å²) in [4.78, 5) is 15.4. The molecule has 0 radical (unpaired) electrons. The van der Waals surface area contributed by atoms with Crippen molar-refractivity contribution >= 4 is 11.8 Å². The van der Waals surface area contributed by atoms with Crippen molar-refractivity contribution in [1.82, 2.24) is 25.3 Å². The Balaban J connectivity index is 1.49. The summed E-state index contributed by atoms with van der Waals surface area (Å²) in [6, 6.07) is 8.54. The van der Waals surface area contributed by atoms with Crippen LogP contribution in [0.25, 0.3) is 11.3 Å². The number of H-pyrrole nitrogens is 2. The van der Waals surface area contributed by atoms with Gasteiger partial charge in [-0.15, -0.1) is 0 Å². The van der Waals surface area contributed by atoms with E-state index in [1.165, 1.54) is 12.8 Å². The number of hydrogen-bond acceptors (Lipinski definition) is 4. The number of thioether (sulfide) groups is 1. The van der Waals surface area contributed by atoms with E-state index in [0.717, 1.165) is 40.7 Å². The zero-order valence-corrected chi connectivity index (χ0v) is 16.4. The van der Waals surface area contributed by atoms with Gasteiger partial charge in [0.15, 0.2) is 0 Å². The molecule has 1 saturated heterocycles. The van der Waals surface area contributed by atoms with E-state index in [0.29, 0.717) is 11.3 Å². The Bertz CT molecular complexity index is 960. The monoisotopic (exact) mass is 377 g/mol. The maximum Gasteiger partial charge on any atom is 0.124 e. The fraction of sp³-hybridized carbons (Fsp3) is 0.333. The molecule has 1 aliphatic rings. The van der Waals surface area contributed by atoms with Gasteiger partial charge in [-0.05, 0) is 56.2 Å². The van der Waals surface area contributed by atoms with Crippen LogP contribution < -0.4 is 5.32 Å². The quantitative estimate of drug-likeness (QED) is 0.609. The molecular weight excluding hydrogens is 354 g/mol. The molecule has 6 heteroatoms. The molecule has 3 heterocycles. The average Bonchev–Trinajstić information content (AvgIpc) is 3.36. The van der Waals surface area contributed by atoms with Crippen LogP contribution in [-0.4, -0.2) is 38.0 Å². The van der Waals surface area contributed by atoms with Crippen molar-refractivity contribution in [2.45, 2.75) is 31.1 Å². The van der Waals surface area contributed by atoms with E-state index in [4.69, 9.17) is 0 Å². The predicted molar refractivity (Wildman–Crippen MR) is 111 cm³/mol. The fourth-order valence-electron chi connectivity index (χ4n) is 3.38. The van der Waals surface area contributed by atoms with Crippen molar-refractivity contribution in [1.29, 1.82) is 0 Å². The molecule has 0 spiro atoms. The molecule has 0 bridgehead atoms. The van der Waals surface area contributed by atoms with Gasteiger partial charge >= 0.3 is 0 Å². The number of imidazole rings is 2. The van der Waals surface area contributed by atoms with Crippen LogP contribution in [0, 0.1) is 18.8 Å². The van der Waals surface area contributed by atoms with Gasteiger partial charge in [-0.3, -0.25) is 0 Å². The van der Waals surface area contributed by atoms with E-state index in [-0.39, 0.29) is 0 Å². The Kier molecular flexibility index (Phi) is 5.33. The van der Waals surface area contributed by atoms with E-state index in [1.807, 2.05) is 37.0 Å². The summed E-state index contributed by atoms with van der Waals surface area (Å²) >= 11 is 1.92. The average molecular weight is 378 g/mol. The van der Waals surface area contributed by atoms with E-state index in [2.05, 4.69) is 55.5 Å². The molecule has 0 amide bonds. The lowest BCUT2D eigenvalue weighted by Gasteiger charge is -2.29. The minimum absolute atomic E-state index is 0.297. The summed E-state index contributed by atoms with van der Waals surface area (Å²) in [5, 5.41) is 4.17. The van der Waals surface area contributed by atoms with Gasteiger partial charge < -0.3 is 15.3 Å². The number of piperidine rings is 1. The number of aromatic amines is 2. The molecule has 4 rings (SSSR count). The number of nitrogens with one attached hydrogen (secondary N) is 3. The Labute approximate surface area is 163 Å². The molecule has 1 aromatic carbocycles. The second-order valence-electron chi connectivity index (χ2n) is 6.74. The molecule has 3 N–H and O–H groups in total. The van der Waals surface area contributed by atoms with Crippen LogP contribution in [-0.2, 0) is 0 Å². The Hall–Kier alpha value is -2.49. The van der Waals surface area contributed by atoms with E-state index >= 15 is 0 Å². The molecule has 2 atom stereocenters. The van der Waals surface area contributed by atoms with E-state index in [1.54, 1.807) is 6.20 Å². The first-order valence-corrected chi connectivity index (χ1v) is 10.5.